The van der Waals surface area contributed by atoms with Gasteiger partial charge in [-0.3, -0.25) is 0 Å². The van der Waals surface area contributed by atoms with Gasteiger partial charge in [-0.05, 0) is 60.7 Å². The fourth-order valence-electron chi connectivity index (χ4n) is 4.31. The zero-order chi connectivity index (χ0) is 23.9. The molecule has 3 aromatic heterocycles. The predicted molar refractivity (Wildman–Crippen MR) is 141 cm³/mol. The molecule has 5 heteroatoms. The van der Waals surface area contributed by atoms with Gasteiger partial charge in [-0.25, -0.2) is 15.0 Å². The highest BCUT2D eigenvalue weighted by molar-refractivity contribution is 5.78. The van der Waals surface area contributed by atoms with Gasteiger partial charge in [-0.1, -0.05) is 54.6 Å². The maximum absolute atomic E-state index is 5.90. The smallest absolute Gasteiger partial charge is 0.227 e. The first-order valence-corrected chi connectivity index (χ1v) is 11.7. The molecular formula is C31H19N3O2. The van der Waals surface area contributed by atoms with E-state index in [4.69, 9.17) is 13.8 Å². The Balaban J connectivity index is 1.16. The van der Waals surface area contributed by atoms with E-state index in [-0.39, 0.29) is 0 Å². The quantitative estimate of drug-likeness (QED) is 0.263. The molecule has 0 spiro atoms. The lowest BCUT2D eigenvalue weighted by Crippen LogP contribution is -1.88. The molecule has 0 unspecified atom stereocenters. The van der Waals surface area contributed by atoms with Gasteiger partial charge in [0.05, 0.1) is 11.4 Å². The first-order valence-electron chi connectivity index (χ1n) is 11.7. The molecule has 7 aromatic rings. The Morgan fingerprint density at radius 1 is 0.361 bits per heavy atom. The summed E-state index contributed by atoms with van der Waals surface area (Å²) in [5.74, 6) is 1.23. The fraction of sp³-hybridized carbons (Fsp3) is 0. The summed E-state index contributed by atoms with van der Waals surface area (Å²) >= 11 is 0. The summed E-state index contributed by atoms with van der Waals surface area (Å²) in [4.78, 5) is 14.1. The van der Waals surface area contributed by atoms with Crippen LogP contribution >= 0.6 is 0 Å². The lowest BCUT2D eigenvalue weighted by atomic mass is 10.1. The van der Waals surface area contributed by atoms with Crippen molar-refractivity contribution in [3.8, 4) is 45.4 Å². The molecule has 4 aromatic carbocycles. The second kappa shape index (κ2) is 8.32. The molecule has 5 nitrogen and oxygen atoms in total. The van der Waals surface area contributed by atoms with Crippen molar-refractivity contribution in [1.29, 1.82) is 0 Å². The van der Waals surface area contributed by atoms with E-state index in [0.717, 1.165) is 55.8 Å². The van der Waals surface area contributed by atoms with Gasteiger partial charge in [-0.15, -0.1) is 0 Å². The van der Waals surface area contributed by atoms with Gasteiger partial charge >= 0.3 is 0 Å². The fourth-order valence-corrected chi connectivity index (χ4v) is 4.31. The number of hydrogen-bond donors (Lipinski definition) is 0. The molecule has 170 valence electrons. The van der Waals surface area contributed by atoms with Crippen LogP contribution in [0.3, 0.4) is 0 Å². The van der Waals surface area contributed by atoms with Crippen molar-refractivity contribution in [2.24, 2.45) is 0 Å². The maximum Gasteiger partial charge on any atom is 0.227 e. The summed E-state index contributed by atoms with van der Waals surface area (Å²) in [5.41, 5.74) is 9.00. The van der Waals surface area contributed by atoms with Gasteiger partial charge in [0.2, 0.25) is 11.8 Å². The van der Waals surface area contributed by atoms with Crippen LogP contribution in [-0.2, 0) is 0 Å². The predicted octanol–water partition coefficient (Wildman–Crippen LogP) is 8.03. The van der Waals surface area contributed by atoms with Crippen LogP contribution in [0.25, 0.3) is 67.6 Å². The van der Waals surface area contributed by atoms with Crippen LogP contribution in [0.5, 0.6) is 0 Å². The molecule has 0 atom stereocenters. The first-order chi connectivity index (χ1) is 17.8. The van der Waals surface area contributed by atoms with Crippen LogP contribution < -0.4 is 0 Å². The molecule has 0 saturated carbocycles. The SMILES string of the molecule is c1cc(-c2ccc(-c3nc4ccccc4o3)cc2)nc(-c2ccc(-c3nc4ccccc4o3)cc2)c1. The van der Waals surface area contributed by atoms with Gasteiger partial charge in [0.15, 0.2) is 11.2 Å². The average Bonchev–Trinajstić information content (AvgIpc) is 3.58. The summed E-state index contributed by atoms with van der Waals surface area (Å²) in [7, 11) is 0. The monoisotopic (exact) mass is 465 g/mol. The first kappa shape index (κ1) is 20.4. The van der Waals surface area contributed by atoms with Gasteiger partial charge in [0.1, 0.15) is 11.0 Å². The number of aromatic nitrogens is 3. The summed E-state index contributed by atoms with van der Waals surface area (Å²) in [5, 5.41) is 0. The summed E-state index contributed by atoms with van der Waals surface area (Å²) in [6.07, 6.45) is 0. The summed E-state index contributed by atoms with van der Waals surface area (Å²) < 4.78 is 11.8. The zero-order valence-corrected chi connectivity index (χ0v) is 19.1. The van der Waals surface area contributed by atoms with E-state index >= 15 is 0 Å². The lowest BCUT2D eigenvalue weighted by molar-refractivity contribution is 0.619. The number of pyridine rings is 1. The van der Waals surface area contributed by atoms with Crippen molar-refractivity contribution in [3.63, 3.8) is 0 Å². The molecule has 0 radical (unpaired) electrons. The van der Waals surface area contributed by atoms with Gasteiger partial charge in [0, 0.05) is 22.3 Å². The largest absolute Gasteiger partial charge is 0.436 e. The number of hydrogen-bond acceptors (Lipinski definition) is 5. The van der Waals surface area contributed by atoms with E-state index in [9.17, 15) is 0 Å². The molecule has 0 bridgehead atoms. The number of benzene rings is 4. The van der Waals surface area contributed by atoms with Crippen LogP contribution in [-0.4, -0.2) is 15.0 Å². The molecule has 0 aliphatic rings. The Morgan fingerprint density at radius 3 is 1.22 bits per heavy atom. The summed E-state index contributed by atoms with van der Waals surface area (Å²) in [6.45, 7) is 0. The Bertz CT molecular complexity index is 1630. The van der Waals surface area contributed by atoms with E-state index < -0.39 is 0 Å². The number of fused-ring (bicyclic) bond motifs is 2. The third-order valence-corrected chi connectivity index (χ3v) is 6.19. The van der Waals surface area contributed by atoms with Gasteiger partial charge in [0.25, 0.3) is 0 Å². The third kappa shape index (κ3) is 3.63. The standard InChI is InChI=1S/C31H19N3O2/c1-3-10-28-26(6-1)33-30(35-28)22-16-12-20(13-17-22)24-8-5-9-25(32-24)21-14-18-23(19-15-21)31-34-27-7-2-4-11-29(27)36-31/h1-19H. The molecule has 36 heavy (non-hydrogen) atoms. The Labute approximate surface area is 206 Å². The highest BCUT2D eigenvalue weighted by Crippen LogP contribution is 2.29. The van der Waals surface area contributed by atoms with E-state index in [2.05, 4.69) is 9.97 Å². The van der Waals surface area contributed by atoms with E-state index in [1.807, 2.05) is 115 Å². The molecule has 7 rings (SSSR count). The number of oxazole rings is 2. The molecule has 0 aliphatic heterocycles. The minimum Gasteiger partial charge on any atom is -0.436 e. The highest BCUT2D eigenvalue weighted by Gasteiger charge is 2.11. The van der Waals surface area contributed by atoms with Crippen molar-refractivity contribution in [2.75, 3.05) is 0 Å². The van der Waals surface area contributed by atoms with Crippen LogP contribution in [0.4, 0.5) is 0 Å². The molecule has 3 heterocycles. The number of para-hydroxylation sites is 4. The molecule has 0 amide bonds. The Morgan fingerprint density at radius 2 is 0.778 bits per heavy atom. The molecule has 0 fully saturated rings. The Hall–Kier alpha value is -5.03. The number of rotatable bonds is 4. The molecular weight excluding hydrogens is 446 g/mol. The minimum atomic E-state index is 0.614. The minimum absolute atomic E-state index is 0.614. The van der Waals surface area contributed by atoms with E-state index in [0.29, 0.717) is 11.8 Å². The lowest BCUT2D eigenvalue weighted by Gasteiger charge is -2.06. The normalized spacial score (nSPS) is 11.3. The summed E-state index contributed by atoms with van der Waals surface area (Å²) in [6, 6.07) is 37.9. The van der Waals surface area contributed by atoms with Crippen molar-refractivity contribution in [3.05, 3.63) is 115 Å². The van der Waals surface area contributed by atoms with Gasteiger partial charge < -0.3 is 8.83 Å². The molecule has 0 aliphatic carbocycles. The molecule has 0 saturated heterocycles. The van der Waals surface area contributed by atoms with E-state index in [1.54, 1.807) is 0 Å². The van der Waals surface area contributed by atoms with Crippen molar-refractivity contribution >= 4 is 22.2 Å². The maximum atomic E-state index is 5.90. The second-order valence-electron chi connectivity index (χ2n) is 8.54. The highest BCUT2D eigenvalue weighted by atomic mass is 16.4. The Kier molecular flexibility index (Phi) is 4.71. The van der Waals surface area contributed by atoms with Crippen LogP contribution in [0.1, 0.15) is 0 Å². The van der Waals surface area contributed by atoms with Crippen molar-refractivity contribution in [2.45, 2.75) is 0 Å². The second-order valence-corrected chi connectivity index (χ2v) is 8.54. The van der Waals surface area contributed by atoms with Crippen LogP contribution in [0.15, 0.2) is 124 Å². The topological polar surface area (TPSA) is 65.0 Å². The zero-order valence-electron chi connectivity index (χ0n) is 19.1. The van der Waals surface area contributed by atoms with E-state index in [1.165, 1.54) is 0 Å². The van der Waals surface area contributed by atoms with Crippen molar-refractivity contribution in [1.82, 2.24) is 15.0 Å². The molecule has 0 N–H and O–H groups in total. The van der Waals surface area contributed by atoms with Crippen LogP contribution in [0, 0.1) is 0 Å². The van der Waals surface area contributed by atoms with Gasteiger partial charge in [-0.2, -0.15) is 0 Å². The van der Waals surface area contributed by atoms with Crippen LogP contribution in [0.2, 0.25) is 0 Å². The number of nitrogens with zero attached hydrogens (tertiary/aromatic N) is 3. The van der Waals surface area contributed by atoms with Crippen molar-refractivity contribution < 1.29 is 8.83 Å². The third-order valence-electron chi connectivity index (χ3n) is 6.19. The average molecular weight is 466 g/mol.